The summed E-state index contributed by atoms with van der Waals surface area (Å²) in [6.07, 6.45) is 7.22. The molecule has 1 nitrogen and oxygen atoms in total. The second-order valence-corrected chi connectivity index (χ2v) is 5.17. The summed E-state index contributed by atoms with van der Waals surface area (Å²) in [7, 11) is 0. The van der Waals surface area contributed by atoms with Crippen LogP contribution in [-0.2, 0) is 5.41 Å². The van der Waals surface area contributed by atoms with Crippen LogP contribution in [0.3, 0.4) is 0 Å². The molecule has 0 saturated heterocycles. The molecule has 0 amide bonds. The monoisotopic (exact) mass is 239 g/mol. The van der Waals surface area contributed by atoms with Crippen molar-refractivity contribution in [3.8, 4) is 0 Å². The van der Waals surface area contributed by atoms with Crippen LogP contribution in [0.5, 0.6) is 0 Å². The van der Waals surface area contributed by atoms with E-state index in [2.05, 4.69) is 56.8 Å². The Labute approximate surface area is 110 Å². The van der Waals surface area contributed by atoms with Gasteiger partial charge in [0.25, 0.3) is 0 Å². The Balaban J connectivity index is 2.63. The summed E-state index contributed by atoms with van der Waals surface area (Å²) in [4.78, 5) is 0. The van der Waals surface area contributed by atoms with Crippen LogP contribution < -0.4 is 5.73 Å². The van der Waals surface area contributed by atoms with Crippen LogP contribution in [0.2, 0.25) is 0 Å². The third-order valence-electron chi connectivity index (χ3n) is 3.66. The van der Waals surface area contributed by atoms with Gasteiger partial charge >= 0.3 is 0 Å². The number of rotatable bonds is 3. The maximum Gasteiger partial charge on any atom is 0.0156 e. The van der Waals surface area contributed by atoms with Crippen molar-refractivity contribution in [2.24, 2.45) is 5.73 Å². The molecule has 1 aliphatic rings. The molecule has 1 aromatic carbocycles. The summed E-state index contributed by atoms with van der Waals surface area (Å²) >= 11 is 0. The molecular formula is C17H21N. The lowest BCUT2D eigenvalue weighted by Crippen LogP contribution is -2.16. The summed E-state index contributed by atoms with van der Waals surface area (Å²) in [5.74, 6) is 0. The quantitative estimate of drug-likeness (QED) is 0.797. The van der Waals surface area contributed by atoms with E-state index in [-0.39, 0.29) is 5.41 Å². The lowest BCUT2D eigenvalue weighted by Gasteiger charge is -2.22. The highest BCUT2D eigenvalue weighted by Crippen LogP contribution is 2.49. The van der Waals surface area contributed by atoms with Gasteiger partial charge in [0.15, 0.2) is 0 Å². The minimum absolute atomic E-state index is 0.0446. The highest BCUT2D eigenvalue weighted by molar-refractivity contribution is 5.89. The maximum atomic E-state index is 5.73. The van der Waals surface area contributed by atoms with Gasteiger partial charge in [0.1, 0.15) is 0 Å². The van der Waals surface area contributed by atoms with Gasteiger partial charge in [-0.05, 0) is 28.7 Å². The molecule has 0 heterocycles. The van der Waals surface area contributed by atoms with Crippen LogP contribution in [0.4, 0.5) is 0 Å². The van der Waals surface area contributed by atoms with Gasteiger partial charge in [-0.3, -0.25) is 0 Å². The van der Waals surface area contributed by atoms with Crippen LogP contribution in [-0.4, -0.2) is 6.54 Å². The molecule has 0 radical (unpaired) electrons. The molecule has 0 aliphatic heterocycles. The van der Waals surface area contributed by atoms with Crippen LogP contribution in [0, 0.1) is 0 Å². The van der Waals surface area contributed by atoms with E-state index in [1.54, 1.807) is 0 Å². The maximum absolute atomic E-state index is 5.73. The SMILES string of the molecule is C=CCC=C1/C(=C\CN)C(C)(C)c2ccccc21. The van der Waals surface area contributed by atoms with E-state index in [9.17, 15) is 0 Å². The van der Waals surface area contributed by atoms with E-state index in [1.165, 1.54) is 22.3 Å². The highest BCUT2D eigenvalue weighted by Gasteiger charge is 2.37. The summed E-state index contributed by atoms with van der Waals surface area (Å²) in [5, 5.41) is 0. The van der Waals surface area contributed by atoms with Crippen molar-refractivity contribution < 1.29 is 0 Å². The van der Waals surface area contributed by atoms with Crippen molar-refractivity contribution in [3.63, 3.8) is 0 Å². The second-order valence-electron chi connectivity index (χ2n) is 5.17. The van der Waals surface area contributed by atoms with Crippen molar-refractivity contribution in [2.45, 2.75) is 25.7 Å². The van der Waals surface area contributed by atoms with Crippen LogP contribution in [0.15, 0.2) is 54.6 Å². The molecule has 1 aliphatic carbocycles. The molecule has 94 valence electrons. The Morgan fingerprint density at radius 1 is 1.22 bits per heavy atom. The smallest absolute Gasteiger partial charge is 0.0156 e. The molecule has 2 N–H and O–H groups in total. The van der Waals surface area contributed by atoms with Crippen molar-refractivity contribution >= 4 is 5.57 Å². The van der Waals surface area contributed by atoms with E-state index in [1.807, 2.05) is 6.08 Å². The lowest BCUT2D eigenvalue weighted by atomic mass is 9.82. The molecule has 0 fully saturated rings. The topological polar surface area (TPSA) is 26.0 Å². The first-order chi connectivity index (χ1) is 8.62. The summed E-state index contributed by atoms with van der Waals surface area (Å²) < 4.78 is 0. The molecule has 0 aromatic heterocycles. The third kappa shape index (κ3) is 1.95. The van der Waals surface area contributed by atoms with Crippen molar-refractivity contribution in [3.05, 3.63) is 65.8 Å². The molecule has 18 heavy (non-hydrogen) atoms. The summed E-state index contributed by atoms with van der Waals surface area (Å²) in [6, 6.07) is 8.62. The molecule has 0 saturated carbocycles. The van der Waals surface area contributed by atoms with Crippen molar-refractivity contribution in [1.82, 2.24) is 0 Å². The third-order valence-corrected chi connectivity index (χ3v) is 3.66. The Morgan fingerprint density at radius 3 is 2.61 bits per heavy atom. The highest BCUT2D eigenvalue weighted by atomic mass is 14.5. The molecule has 1 aromatic rings. The molecule has 0 unspecified atom stereocenters. The number of nitrogens with two attached hydrogens (primary N) is 1. The van der Waals surface area contributed by atoms with Gasteiger partial charge in [0, 0.05) is 12.0 Å². The van der Waals surface area contributed by atoms with E-state index in [4.69, 9.17) is 5.73 Å². The Hall–Kier alpha value is -1.60. The second kappa shape index (κ2) is 4.95. The summed E-state index contributed by atoms with van der Waals surface area (Å²) in [6.45, 7) is 8.91. The Kier molecular flexibility index (Phi) is 3.53. The van der Waals surface area contributed by atoms with Gasteiger partial charge < -0.3 is 5.73 Å². The van der Waals surface area contributed by atoms with E-state index >= 15 is 0 Å². The predicted molar refractivity (Wildman–Crippen MR) is 79.4 cm³/mol. The van der Waals surface area contributed by atoms with Crippen LogP contribution in [0.25, 0.3) is 5.57 Å². The first kappa shape index (κ1) is 12.8. The minimum Gasteiger partial charge on any atom is -0.327 e. The summed E-state index contributed by atoms with van der Waals surface area (Å²) in [5.41, 5.74) is 11.2. The fraction of sp³-hybridized carbons (Fsp3) is 0.294. The number of allylic oxidation sites excluding steroid dienone is 4. The zero-order valence-corrected chi connectivity index (χ0v) is 11.2. The fourth-order valence-corrected chi connectivity index (χ4v) is 2.79. The standard InChI is InChI=1S/C17H21N/c1-4-5-8-13-14-9-6-7-10-15(14)17(2,3)16(13)11-12-18/h4,6-11H,1,5,12,18H2,2-3H3/b13-8?,16-11+. The molecule has 0 spiro atoms. The largest absolute Gasteiger partial charge is 0.327 e. The average Bonchev–Trinajstić information content (AvgIpc) is 2.58. The van der Waals surface area contributed by atoms with Gasteiger partial charge in [0.2, 0.25) is 0 Å². The van der Waals surface area contributed by atoms with Gasteiger partial charge in [0.05, 0.1) is 0 Å². The van der Waals surface area contributed by atoms with Crippen molar-refractivity contribution in [1.29, 1.82) is 0 Å². The van der Waals surface area contributed by atoms with Crippen molar-refractivity contribution in [2.75, 3.05) is 6.54 Å². The average molecular weight is 239 g/mol. The van der Waals surface area contributed by atoms with Crippen LogP contribution >= 0.6 is 0 Å². The number of benzene rings is 1. The molecule has 0 atom stereocenters. The van der Waals surface area contributed by atoms with E-state index in [0.717, 1.165) is 6.42 Å². The normalized spacial score (nSPS) is 21.3. The molecule has 0 bridgehead atoms. The zero-order chi connectivity index (χ0) is 13.2. The Morgan fingerprint density at radius 2 is 1.94 bits per heavy atom. The minimum atomic E-state index is 0.0446. The van der Waals surface area contributed by atoms with E-state index < -0.39 is 0 Å². The first-order valence-corrected chi connectivity index (χ1v) is 6.45. The fourth-order valence-electron chi connectivity index (χ4n) is 2.79. The Bertz CT molecular complexity index is 518. The zero-order valence-electron chi connectivity index (χ0n) is 11.2. The van der Waals surface area contributed by atoms with Gasteiger partial charge in [-0.25, -0.2) is 0 Å². The predicted octanol–water partition coefficient (Wildman–Crippen LogP) is 3.82. The van der Waals surface area contributed by atoms with Crippen LogP contribution in [0.1, 0.15) is 31.4 Å². The van der Waals surface area contributed by atoms with Gasteiger partial charge in [-0.2, -0.15) is 0 Å². The first-order valence-electron chi connectivity index (χ1n) is 6.45. The number of hydrogen-bond acceptors (Lipinski definition) is 1. The number of fused-ring (bicyclic) bond motifs is 1. The van der Waals surface area contributed by atoms with Gasteiger partial charge in [-0.15, -0.1) is 6.58 Å². The lowest BCUT2D eigenvalue weighted by molar-refractivity contribution is 0.658. The van der Waals surface area contributed by atoms with Gasteiger partial charge in [-0.1, -0.05) is 56.3 Å². The molecular weight excluding hydrogens is 218 g/mol. The molecule has 1 heteroatoms. The van der Waals surface area contributed by atoms with E-state index in [0.29, 0.717) is 6.54 Å². The number of hydrogen-bond donors (Lipinski definition) is 1. The molecule has 2 rings (SSSR count).